The lowest BCUT2D eigenvalue weighted by Gasteiger charge is -2.09. The molecule has 2 N–H and O–H groups in total. The number of hydrogen-bond acceptors (Lipinski definition) is 3. The van der Waals surface area contributed by atoms with Gasteiger partial charge in [0.15, 0.2) is 0 Å². The minimum absolute atomic E-state index is 0.650. The highest BCUT2D eigenvalue weighted by molar-refractivity contribution is 7.99. The Bertz CT molecular complexity index is 331. The van der Waals surface area contributed by atoms with Gasteiger partial charge in [0.05, 0.1) is 0 Å². The van der Waals surface area contributed by atoms with Crippen LogP contribution < -0.4 is 10.6 Å². The summed E-state index contributed by atoms with van der Waals surface area (Å²) in [6, 6.07) is 9.54. The normalized spacial score (nSPS) is 15.2. The van der Waals surface area contributed by atoms with Crippen molar-refractivity contribution in [1.29, 1.82) is 0 Å². The minimum atomic E-state index is 0.650. The SMILES string of the molecule is CC(C)Sc1ccc(NCCNC2CC2)cc1. The molecule has 1 aromatic rings. The molecule has 0 aliphatic heterocycles. The van der Waals surface area contributed by atoms with Crippen LogP contribution in [0.5, 0.6) is 0 Å². The third-order valence-corrected chi connectivity index (χ3v) is 3.71. The van der Waals surface area contributed by atoms with Gasteiger partial charge < -0.3 is 10.6 Å². The maximum absolute atomic E-state index is 3.50. The molecule has 0 atom stereocenters. The number of benzene rings is 1. The summed E-state index contributed by atoms with van der Waals surface area (Å²) in [5.41, 5.74) is 1.22. The van der Waals surface area contributed by atoms with E-state index in [2.05, 4.69) is 48.7 Å². The standard InChI is InChI=1S/C14H22N2S/c1-11(2)17-14-7-5-13(6-8-14)16-10-9-15-12-3-4-12/h5-8,11-12,15-16H,3-4,9-10H2,1-2H3. The molecule has 1 aromatic carbocycles. The molecule has 0 spiro atoms. The third kappa shape index (κ3) is 5.00. The third-order valence-electron chi connectivity index (χ3n) is 2.69. The second-order valence-corrected chi connectivity index (χ2v) is 6.50. The molecule has 1 fully saturated rings. The van der Waals surface area contributed by atoms with Gasteiger partial charge in [-0.3, -0.25) is 0 Å². The highest BCUT2D eigenvalue weighted by Gasteiger charge is 2.19. The van der Waals surface area contributed by atoms with Crippen molar-refractivity contribution >= 4 is 17.4 Å². The molecular weight excluding hydrogens is 228 g/mol. The molecule has 1 aliphatic rings. The molecule has 0 bridgehead atoms. The van der Waals surface area contributed by atoms with Crippen LogP contribution in [0.4, 0.5) is 5.69 Å². The van der Waals surface area contributed by atoms with Crippen molar-refractivity contribution in [3.8, 4) is 0 Å². The quantitative estimate of drug-likeness (QED) is 0.573. The van der Waals surface area contributed by atoms with E-state index >= 15 is 0 Å². The van der Waals surface area contributed by atoms with Crippen LogP contribution in [0.25, 0.3) is 0 Å². The molecule has 17 heavy (non-hydrogen) atoms. The van der Waals surface area contributed by atoms with Crippen LogP contribution in [0.1, 0.15) is 26.7 Å². The van der Waals surface area contributed by atoms with E-state index in [0.29, 0.717) is 5.25 Å². The molecule has 0 unspecified atom stereocenters. The summed E-state index contributed by atoms with van der Waals surface area (Å²) in [6.07, 6.45) is 2.72. The maximum atomic E-state index is 3.50. The predicted octanol–water partition coefficient (Wildman–Crippen LogP) is 3.35. The fraction of sp³-hybridized carbons (Fsp3) is 0.571. The number of hydrogen-bond donors (Lipinski definition) is 2. The van der Waals surface area contributed by atoms with E-state index < -0.39 is 0 Å². The van der Waals surface area contributed by atoms with Crippen LogP contribution >= 0.6 is 11.8 Å². The first-order valence-corrected chi connectivity index (χ1v) is 7.36. The molecule has 3 heteroatoms. The van der Waals surface area contributed by atoms with Gasteiger partial charge >= 0.3 is 0 Å². The topological polar surface area (TPSA) is 24.1 Å². The summed E-state index contributed by atoms with van der Waals surface area (Å²) in [7, 11) is 0. The molecule has 0 radical (unpaired) electrons. The van der Waals surface area contributed by atoms with Gasteiger partial charge in [0.2, 0.25) is 0 Å². The average molecular weight is 250 g/mol. The van der Waals surface area contributed by atoms with Gasteiger partial charge in [0.1, 0.15) is 0 Å². The van der Waals surface area contributed by atoms with Crippen LogP contribution in [0.2, 0.25) is 0 Å². The van der Waals surface area contributed by atoms with Crippen LogP contribution in [0.3, 0.4) is 0 Å². The Morgan fingerprint density at radius 1 is 1.18 bits per heavy atom. The first-order chi connectivity index (χ1) is 8.24. The molecule has 94 valence electrons. The van der Waals surface area contributed by atoms with Crippen molar-refractivity contribution in [3.63, 3.8) is 0 Å². The Kier molecular flexibility index (Phi) is 4.75. The molecule has 1 aliphatic carbocycles. The molecule has 2 rings (SSSR count). The van der Waals surface area contributed by atoms with E-state index in [1.807, 2.05) is 11.8 Å². The van der Waals surface area contributed by atoms with Gasteiger partial charge in [0.25, 0.3) is 0 Å². The van der Waals surface area contributed by atoms with Gasteiger partial charge in [-0.2, -0.15) is 0 Å². The first-order valence-electron chi connectivity index (χ1n) is 6.48. The average Bonchev–Trinajstić information content (AvgIpc) is 3.10. The van der Waals surface area contributed by atoms with Gasteiger partial charge in [-0.25, -0.2) is 0 Å². The van der Waals surface area contributed by atoms with Crippen molar-refractivity contribution in [1.82, 2.24) is 5.32 Å². The lowest BCUT2D eigenvalue weighted by atomic mass is 10.3. The summed E-state index contributed by atoms with van der Waals surface area (Å²) < 4.78 is 0. The lowest BCUT2D eigenvalue weighted by Crippen LogP contribution is -2.23. The van der Waals surface area contributed by atoms with E-state index in [0.717, 1.165) is 19.1 Å². The molecule has 2 nitrogen and oxygen atoms in total. The van der Waals surface area contributed by atoms with Crippen molar-refractivity contribution in [2.75, 3.05) is 18.4 Å². The van der Waals surface area contributed by atoms with Gasteiger partial charge in [-0.15, -0.1) is 11.8 Å². The van der Waals surface area contributed by atoms with Crippen LogP contribution in [0.15, 0.2) is 29.2 Å². The highest BCUT2D eigenvalue weighted by atomic mass is 32.2. The van der Waals surface area contributed by atoms with Gasteiger partial charge in [0, 0.05) is 35.0 Å². The number of anilines is 1. The summed E-state index contributed by atoms with van der Waals surface area (Å²) in [6.45, 7) is 6.51. The Labute approximate surface area is 109 Å². The zero-order valence-electron chi connectivity index (χ0n) is 10.7. The maximum Gasteiger partial charge on any atom is 0.0341 e. The van der Waals surface area contributed by atoms with Crippen molar-refractivity contribution in [2.24, 2.45) is 0 Å². The smallest absolute Gasteiger partial charge is 0.0341 e. The fourth-order valence-electron chi connectivity index (χ4n) is 1.69. The van der Waals surface area contributed by atoms with Crippen molar-refractivity contribution in [2.45, 2.75) is 42.9 Å². The summed E-state index contributed by atoms with van der Waals surface area (Å²) in [5, 5.41) is 7.58. The van der Waals surface area contributed by atoms with E-state index in [9.17, 15) is 0 Å². The van der Waals surface area contributed by atoms with Crippen molar-refractivity contribution < 1.29 is 0 Å². The number of nitrogens with one attached hydrogen (secondary N) is 2. The largest absolute Gasteiger partial charge is 0.384 e. The Balaban J connectivity index is 1.69. The van der Waals surface area contributed by atoms with Crippen LogP contribution in [0, 0.1) is 0 Å². The Morgan fingerprint density at radius 2 is 1.88 bits per heavy atom. The molecule has 0 heterocycles. The molecule has 0 saturated heterocycles. The van der Waals surface area contributed by atoms with E-state index in [-0.39, 0.29) is 0 Å². The monoisotopic (exact) mass is 250 g/mol. The molecular formula is C14H22N2S. The zero-order chi connectivity index (χ0) is 12.1. The second-order valence-electron chi connectivity index (χ2n) is 4.85. The molecule has 1 saturated carbocycles. The van der Waals surface area contributed by atoms with E-state index in [1.54, 1.807) is 0 Å². The molecule has 0 amide bonds. The lowest BCUT2D eigenvalue weighted by molar-refractivity contribution is 0.701. The van der Waals surface area contributed by atoms with Crippen molar-refractivity contribution in [3.05, 3.63) is 24.3 Å². The van der Waals surface area contributed by atoms with Crippen LogP contribution in [-0.2, 0) is 0 Å². The summed E-state index contributed by atoms with van der Waals surface area (Å²) in [5.74, 6) is 0. The zero-order valence-corrected chi connectivity index (χ0v) is 11.5. The van der Waals surface area contributed by atoms with E-state index in [4.69, 9.17) is 0 Å². The second kappa shape index (κ2) is 6.31. The van der Waals surface area contributed by atoms with E-state index in [1.165, 1.54) is 23.4 Å². The first kappa shape index (κ1) is 12.8. The number of rotatable bonds is 7. The van der Waals surface area contributed by atoms with Crippen LogP contribution in [-0.4, -0.2) is 24.4 Å². The Morgan fingerprint density at radius 3 is 2.47 bits per heavy atom. The summed E-state index contributed by atoms with van der Waals surface area (Å²) >= 11 is 1.91. The number of thioether (sulfide) groups is 1. The van der Waals surface area contributed by atoms with Gasteiger partial charge in [-0.1, -0.05) is 13.8 Å². The Hall–Kier alpha value is -0.670. The molecule has 0 aromatic heterocycles. The predicted molar refractivity (Wildman–Crippen MR) is 76.9 cm³/mol. The highest BCUT2D eigenvalue weighted by Crippen LogP contribution is 2.24. The minimum Gasteiger partial charge on any atom is -0.384 e. The fourth-order valence-corrected chi connectivity index (χ4v) is 2.53. The van der Waals surface area contributed by atoms with Gasteiger partial charge in [-0.05, 0) is 37.1 Å². The summed E-state index contributed by atoms with van der Waals surface area (Å²) in [4.78, 5) is 1.35.